The molecular formula is C36H43N3O7S. The van der Waals surface area contributed by atoms with Crippen LogP contribution in [0, 0.1) is 0 Å². The van der Waals surface area contributed by atoms with Crippen molar-refractivity contribution in [2.75, 3.05) is 46.1 Å². The SMILES string of the molecule is CCCC1=C(C(=O)OCC)[C@H](c2ccc(C(C)C)cc2)n2c(s/c(=C/c3ccc(OCC(=O)N4CCOCC4)c(OCC)c3)c2=O)=N1. The van der Waals surface area contributed by atoms with Gasteiger partial charge < -0.3 is 23.8 Å². The highest BCUT2D eigenvalue weighted by molar-refractivity contribution is 7.07. The van der Waals surface area contributed by atoms with Gasteiger partial charge in [-0.3, -0.25) is 14.2 Å². The van der Waals surface area contributed by atoms with Gasteiger partial charge in [-0.25, -0.2) is 9.79 Å². The van der Waals surface area contributed by atoms with Gasteiger partial charge in [-0.05, 0) is 61.1 Å². The van der Waals surface area contributed by atoms with E-state index in [1.165, 1.54) is 16.9 Å². The molecule has 1 amide bonds. The van der Waals surface area contributed by atoms with Crippen molar-refractivity contribution < 1.29 is 28.5 Å². The Morgan fingerprint density at radius 1 is 1.02 bits per heavy atom. The van der Waals surface area contributed by atoms with Crippen molar-refractivity contribution in [1.29, 1.82) is 0 Å². The number of thiazole rings is 1. The highest BCUT2D eigenvalue weighted by Crippen LogP contribution is 2.33. The third kappa shape index (κ3) is 7.68. The summed E-state index contributed by atoms with van der Waals surface area (Å²) in [5, 5.41) is 0. The number of benzene rings is 2. The van der Waals surface area contributed by atoms with E-state index in [2.05, 4.69) is 13.8 Å². The van der Waals surface area contributed by atoms with Gasteiger partial charge in [0.25, 0.3) is 11.5 Å². The Morgan fingerprint density at radius 2 is 1.77 bits per heavy atom. The third-order valence-corrected chi connectivity index (χ3v) is 9.07. The molecule has 0 aliphatic carbocycles. The summed E-state index contributed by atoms with van der Waals surface area (Å²) in [6.45, 7) is 12.6. The third-order valence-electron chi connectivity index (χ3n) is 8.09. The van der Waals surface area contributed by atoms with E-state index in [0.29, 0.717) is 77.4 Å². The summed E-state index contributed by atoms with van der Waals surface area (Å²) in [4.78, 5) is 47.4. The summed E-state index contributed by atoms with van der Waals surface area (Å²) >= 11 is 1.28. The molecule has 47 heavy (non-hydrogen) atoms. The summed E-state index contributed by atoms with van der Waals surface area (Å²) in [5.74, 6) is 0.683. The molecule has 0 saturated carbocycles. The first-order valence-corrected chi connectivity index (χ1v) is 17.1. The second kappa shape index (κ2) is 15.6. The van der Waals surface area contributed by atoms with E-state index < -0.39 is 12.0 Å². The quantitative estimate of drug-likeness (QED) is 0.266. The van der Waals surface area contributed by atoms with Crippen molar-refractivity contribution in [3.05, 3.63) is 90.1 Å². The predicted molar refractivity (Wildman–Crippen MR) is 181 cm³/mol. The predicted octanol–water partition coefficient (Wildman–Crippen LogP) is 4.34. The number of esters is 1. The maximum atomic E-state index is 14.2. The molecule has 1 saturated heterocycles. The number of ether oxygens (including phenoxy) is 4. The molecule has 5 rings (SSSR count). The number of rotatable bonds is 12. The molecule has 0 N–H and O–H groups in total. The summed E-state index contributed by atoms with van der Waals surface area (Å²) < 4.78 is 24.7. The molecule has 1 aromatic heterocycles. The zero-order valence-electron chi connectivity index (χ0n) is 27.7. The first-order valence-electron chi connectivity index (χ1n) is 16.3. The normalized spacial score (nSPS) is 16.6. The molecule has 0 unspecified atom stereocenters. The van der Waals surface area contributed by atoms with E-state index in [1.807, 2.05) is 44.2 Å². The minimum atomic E-state index is -0.672. The van der Waals surface area contributed by atoms with Gasteiger partial charge in [-0.15, -0.1) is 0 Å². The van der Waals surface area contributed by atoms with Gasteiger partial charge in [-0.2, -0.15) is 0 Å². The number of morpholine rings is 1. The average molecular weight is 662 g/mol. The van der Waals surface area contributed by atoms with Gasteiger partial charge in [0.2, 0.25) is 0 Å². The van der Waals surface area contributed by atoms with Crippen LogP contribution in [0.25, 0.3) is 6.08 Å². The summed E-state index contributed by atoms with van der Waals surface area (Å²) in [6.07, 6.45) is 3.15. The monoisotopic (exact) mass is 661 g/mol. The lowest BCUT2D eigenvalue weighted by molar-refractivity contribution is -0.139. The van der Waals surface area contributed by atoms with Gasteiger partial charge in [-0.1, -0.05) is 68.9 Å². The van der Waals surface area contributed by atoms with Crippen LogP contribution in [0.15, 0.2) is 63.5 Å². The first-order chi connectivity index (χ1) is 22.7. The summed E-state index contributed by atoms with van der Waals surface area (Å²) in [5.41, 5.74) is 3.50. The van der Waals surface area contributed by atoms with Gasteiger partial charge in [0.1, 0.15) is 0 Å². The average Bonchev–Trinajstić information content (AvgIpc) is 3.38. The second-order valence-electron chi connectivity index (χ2n) is 11.7. The van der Waals surface area contributed by atoms with E-state index in [4.69, 9.17) is 23.9 Å². The largest absolute Gasteiger partial charge is 0.490 e. The number of amides is 1. The molecular weight excluding hydrogens is 618 g/mol. The van der Waals surface area contributed by atoms with E-state index >= 15 is 0 Å². The van der Waals surface area contributed by atoms with E-state index in [-0.39, 0.29) is 24.7 Å². The number of nitrogens with zero attached hydrogens (tertiary/aromatic N) is 3. The van der Waals surface area contributed by atoms with E-state index in [9.17, 15) is 14.4 Å². The molecule has 0 radical (unpaired) electrons. The molecule has 11 heteroatoms. The standard InChI is InChI=1S/C36H43N3O7S/c1-6-9-27-32(35(42)45-8-3)33(26-13-11-25(12-14-26)23(4)5)39-34(41)30(47-36(39)37-27)21-24-10-15-28(29(20-24)44-7-2)46-22-31(40)38-16-18-43-19-17-38/h10-15,20-21,23,33H,6-9,16-19,22H2,1-5H3/b30-21+/t33-/m0/s1. The lowest BCUT2D eigenvalue weighted by Crippen LogP contribution is -2.43. The van der Waals surface area contributed by atoms with Crippen LogP contribution in [0.1, 0.15) is 76.1 Å². The molecule has 10 nitrogen and oxygen atoms in total. The maximum Gasteiger partial charge on any atom is 0.338 e. The number of carbonyl (C=O) groups is 2. The number of hydrogen-bond donors (Lipinski definition) is 0. The van der Waals surface area contributed by atoms with Crippen molar-refractivity contribution in [2.45, 2.75) is 59.4 Å². The Kier molecular flexibility index (Phi) is 11.3. The smallest absolute Gasteiger partial charge is 0.338 e. The Morgan fingerprint density at radius 3 is 2.43 bits per heavy atom. The minimum Gasteiger partial charge on any atom is -0.490 e. The van der Waals surface area contributed by atoms with Gasteiger partial charge in [0.15, 0.2) is 22.9 Å². The molecule has 1 atom stereocenters. The molecule has 1 fully saturated rings. The van der Waals surface area contributed by atoms with Crippen LogP contribution in [0.3, 0.4) is 0 Å². The van der Waals surface area contributed by atoms with Crippen LogP contribution < -0.4 is 24.4 Å². The lowest BCUT2D eigenvalue weighted by atomic mass is 9.92. The number of fused-ring (bicyclic) bond motifs is 1. The van der Waals surface area contributed by atoms with Gasteiger partial charge in [0.05, 0.1) is 48.3 Å². The van der Waals surface area contributed by atoms with Crippen molar-refractivity contribution >= 4 is 29.3 Å². The van der Waals surface area contributed by atoms with Gasteiger partial charge in [0, 0.05) is 13.1 Å². The lowest BCUT2D eigenvalue weighted by Gasteiger charge is -2.26. The van der Waals surface area contributed by atoms with E-state index in [0.717, 1.165) is 17.5 Å². The van der Waals surface area contributed by atoms with Gasteiger partial charge >= 0.3 is 5.97 Å². The number of allylic oxidation sites excluding steroid dienone is 1. The highest BCUT2D eigenvalue weighted by Gasteiger charge is 2.34. The minimum absolute atomic E-state index is 0.112. The van der Waals surface area contributed by atoms with Crippen LogP contribution >= 0.6 is 11.3 Å². The Hall–Kier alpha value is -4.22. The zero-order chi connectivity index (χ0) is 33.5. The molecule has 2 aliphatic rings. The molecule has 3 aromatic rings. The highest BCUT2D eigenvalue weighted by atomic mass is 32.1. The summed E-state index contributed by atoms with van der Waals surface area (Å²) in [6, 6.07) is 12.8. The zero-order valence-corrected chi connectivity index (χ0v) is 28.6. The van der Waals surface area contributed by atoms with Crippen molar-refractivity contribution in [1.82, 2.24) is 9.47 Å². The molecule has 2 aromatic carbocycles. The second-order valence-corrected chi connectivity index (χ2v) is 12.7. The Balaban J connectivity index is 1.54. The fourth-order valence-electron chi connectivity index (χ4n) is 5.70. The van der Waals surface area contributed by atoms with Crippen LogP contribution in [-0.4, -0.2) is 67.5 Å². The maximum absolute atomic E-state index is 14.2. The molecule has 2 aliphatic heterocycles. The number of aromatic nitrogens is 1. The number of hydrogen-bond acceptors (Lipinski definition) is 9. The molecule has 3 heterocycles. The Bertz CT molecular complexity index is 1800. The van der Waals surface area contributed by atoms with Crippen LogP contribution in [0.2, 0.25) is 0 Å². The van der Waals surface area contributed by atoms with Crippen LogP contribution in [-0.2, 0) is 19.1 Å². The fraction of sp³-hybridized carbons (Fsp3) is 0.444. The van der Waals surface area contributed by atoms with Crippen LogP contribution in [0.5, 0.6) is 11.5 Å². The number of carbonyl (C=O) groups excluding carboxylic acids is 2. The van der Waals surface area contributed by atoms with Crippen LogP contribution in [0.4, 0.5) is 0 Å². The Labute approximate surface area is 278 Å². The van der Waals surface area contributed by atoms with Crippen molar-refractivity contribution in [3.63, 3.8) is 0 Å². The summed E-state index contributed by atoms with van der Waals surface area (Å²) in [7, 11) is 0. The van der Waals surface area contributed by atoms with Crippen molar-refractivity contribution in [3.8, 4) is 11.5 Å². The molecule has 0 bridgehead atoms. The first kappa shape index (κ1) is 34.1. The van der Waals surface area contributed by atoms with Crippen molar-refractivity contribution in [2.24, 2.45) is 4.99 Å². The van der Waals surface area contributed by atoms with E-state index in [1.54, 1.807) is 34.6 Å². The molecule has 250 valence electrons. The molecule has 0 spiro atoms. The fourth-order valence-corrected chi connectivity index (χ4v) is 6.72. The topological polar surface area (TPSA) is 109 Å².